The van der Waals surface area contributed by atoms with Gasteiger partial charge in [-0.15, -0.1) is 0 Å². The van der Waals surface area contributed by atoms with E-state index < -0.39 is 0 Å². The van der Waals surface area contributed by atoms with Gasteiger partial charge < -0.3 is 29.1 Å². The van der Waals surface area contributed by atoms with Crippen LogP contribution in [0.15, 0.2) is 140 Å². The fourth-order valence-corrected chi connectivity index (χ4v) is 6.25. The third-order valence-corrected chi connectivity index (χ3v) is 8.47. The van der Waals surface area contributed by atoms with E-state index in [-0.39, 0.29) is 0 Å². The standard InChI is InChI=1S/C39H33N5O2/c1-41-26-43(38-18-5-3-16-36(38)41)29-11-8-14-32(23-29)45-31-13-7-10-28(22-31)35-25-34(20-21-40-35)46-33-15-9-12-30(24-33)44-27-42(2)37-17-4-6-19-39(37)44/h3-25H,26-27H2,1-2H3. The monoisotopic (exact) mass is 603 g/mol. The Morgan fingerprint density at radius 1 is 0.478 bits per heavy atom. The summed E-state index contributed by atoms with van der Waals surface area (Å²) in [7, 11) is 4.23. The van der Waals surface area contributed by atoms with Crippen molar-refractivity contribution >= 4 is 34.1 Å². The molecule has 0 saturated carbocycles. The van der Waals surface area contributed by atoms with Gasteiger partial charge in [0.25, 0.3) is 0 Å². The van der Waals surface area contributed by atoms with Gasteiger partial charge in [-0.05, 0) is 66.7 Å². The molecule has 8 rings (SSSR count). The summed E-state index contributed by atoms with van der Waals surface area (Å²) in [4.78, 5) is 13.7. The van der Waals surface area contributed by atoms with E-state index in [0.29, 0.717) is 0 Å². The van der Waals surface area contributed by atoms with E-state index in [0.717, 1.165) is 59.0 Å². The number of hydrogen-bond donors (Lipinski definition) is 0. The molecule has 0 atom stereocenters. The van der Waals surface area contributed by atoms with Crippen molar-refractivity contribution < 1.29 is 9.47 Å². The van der Waals surface area contributed by atoms with Crippen molar-refractivity contribution in [2.45, 2.75) is 0 Å². The molecule has 2 aliphatic rings. The van der Waals surface area contributed by atoms with Crippen LogP contribution in [0.25, 0.3) is 11.3 Å². The fourth-order valence-electron chi connectivity index (χ4n) is 6.25. The number of ether oxygens (including phenoxy) is 2. The second-order valence-corrected chi connectivity index (χ2v) is 11.6. The minimum Gasteiger partial charge on any atom is -0.457 e. The summed E-state index contributed by atoms with van der Waals surface area (Å²) in [6, 6.07) is 45.2. The number of benzene rings is 5. The molecule has 0 amide bonds. The number of aromatic nitrogens is 1. The van der Waals surface area contributed by atoms with Gasteiger partial charge >= 0.3 is 0 Å². The molecule has 46 heavy (non-hydrogen) atoms. The van der Waals surface area contributed by atoms with Gasteiger partial charge in [0.15, 0.2) is 0 Å². The fraction of sp³-hybridized carbons (Fsp3) is 0.103. The molecule has 6 aromatic rings. The molecule has 0 saturated heterocycles. The van der Waals surface area contributed by atoms with Crippen LogP contribution in [0.3, 0.4) is 0 Å². The average Bonchev–Trinajstić information content (AvgIpc) is 3.62. The normalized spacial score (nSPS) is 13.5. The van der Waals surface area contributed by atoms with Gasteiger partial charge in [0.1, 0.15) is 23.0 Å². The van der Waals surface area contributed by atoms with Crippen molar-refractivity contribution in [3.05, 3.63) is 140 Å². The van der Waals surface area contributed by atoms with Gasteiger partial charge in [-0.2, -0.15) is 0 Å². The number of nitrogens with zero attached hydrogens (tertiary/aromatic N) is 5. The minimum atomic E-state index is 0.718. The maximum Gasteiger partial charge on any atom is 0.131 e. The summed E-state index contributed by atoms with van der Waals surface area (Å²) in [6.45, 7) is 1.57. The summed E-state index contributed by atoms with van der Waals surface area (Å²) in [5.74, 6) is 3.00. The molecule has 0 bridgehead atoms. The summed E-state index contributed by atoms with van der Waals surface area (Å²) in [6.07, 6.45) is 1.78. The van der Waals surface area contributed by atoms with Gasteiger partial charge in [-0.3, -0.25) is 4.98 Å². The Labute approximate surface area is 269 Å². The van der Waals surface area contributed by atoms with Gasteiger partial charge in [0.05, 0.1) is 41.8 Å². The van der Waals surface area contributed by atoms with Crippen molar-refractivity contribution in [2.24, 2.45) is 0 Å². The van der Waals surface area contributed by atoms with Crippen molar-refractivity contribution in [1.82, 2.24) is 4.98 Å². The molecule has 1 aromatic heterocycles. The highest BCUT2D eigenvalue weighted by Gasteiger charge is 2.25. The zero-order chi connectivity index (χ0) is 31.0. The molecular formula is C39H33N5O2. The highest BCUT2D eigenvalue weighted by molar-refractivity contribution is 5.83. The van der Waals surface area contributed by atoms with E-state index >= 15 is 0 Å². The second kappa shape index (κ2) is 11.5. The Hall–Kier alpha value is -5.95. The van der Waals surface area contributed by atoms with Gasteiger partial charge in [-0.1, -0.05) is 48.5 Å². The molecule has 7 nitrogen and oxygen atoms in total. The lowest BCUT2D eigenvalue weighted by Gasteiger charge is -2.20. The molecule has 226 valence electrons. The summed E-state index contributed by atoms with van der Waals surface area (Å²) in [5, 5.41) is 0. The molecule has 0 aliphatic carbocycles. The van der Waals surface area contributed by atoms with Crippen LogP contribution in [-0.2, 0) is 0 Å². The number of hydrogen-bond acceptors (Lipinski definition) is 7. The van der Waals surface area contributed by atoms with Gasteiger partial charge in [0.2, 0.25) is 0 Å². The third-order valence-electron chi connectivity index (χ3n) is 8.47. The van der Waals surface area contributed by atoms with Crippen LogP contribution in [-0.4, -0.2) is 32.4 Å². The Balaban J connectivity index is 0.997. The molecule has 0 radical (unpaired) electrons. The molecule has 3 heterocycles. The Morgan fingerprint density at radius 3 is 1.52 bits per heavy atom. The van der Waals surface area contributed by atoms with Crippen molar-refractivity contribution in [1.29, 1.82) is 0 Å². The smallest absolute Gasteiger partial charge is 0.131 e. The van der Waals surface area contributed by atoms with E-state index in [1.165, 1.54) is 22.7 Å². The van der Waals surface area contributed by atoms with Crippen LogP contribution in [0, 0.1) is 0 Å². The topological polar surface area (TPSA) is 44.3 Å². The van der Waals surface area contributed by atoms with E-state index in [1.54, 1.807) is 6.20 Å². The van der Waals surface area contributed by atoms with Crippen LogP contribution in [0.4, 0.5) is 34.1 Å². The summed E-state index contributed by atoms with van der Waals surface area (Å²) >= 11 is 0. The van der Waals surface area contributed by atoms with Crippen LogP contribution in [0.1, 0.15) is 0 Å². The van der Waals surface area contributed by atoms with Crippen LogP contribution in [0.5, 0.6) is 23.0 Å². The van der Waals surface area contributed by atoms with Crippen LogP contribution >= 0.6 is 0 Å². The van der Waals surface area contributed by atoms with E-state index in [4.69, 9.17) is 9.47 Å². The molecular weight excluding hydrogens is 570 g/mol. The summed E-state index contributed by atoms with van der Waals surface area (Å²) in [5.41, 5.74) is 8.74. The lowest BCUT2D eigenvalue weighted by atomic mass is 10.1. The summed E-state index contributed by atoms with van der Waals surface area (Å²) < 4.78 is 12.7. The number of anilines is 6. The van der Waals surface area contributed by atoms with Crippen molar-refractivity contribution in [3.63, 3.8) is 0 Å². The van der Waals surface area contributed by atoms with Crippen molar-refractivity contribution in [3.8, 4) is 34.3 Å². The van der Waals surface area contributed by atoms with E-state index in [9.17, 15) is 0 Å². The van der Waals surface area contributed by atoms with E-state index in [2.05, 4.69) is 111 Å². The second-order valence-electron chi connectivity index (χ2n) is 11.6. The SMILES string of the molecule is CN1CN(c2cccc(Oc3cccc(-c4cc(Oc5cccc(N6CN(C)c7ccccc76)c5)ccn4)c3)c2)c2ccccc21. The number of rotatable bonds is 7. The molecule has 5 aromatic carbocycles. The first-order chi connectivity index (χ1) is 22.6. The first kappa shape index (κ1) is 27.6. The quantitative estimate of drug-likeness (QED) is 0.180. The van der Waals surface area contributed by atoms with E-state index in [1.807, 2.05) is 60.7 Å². The number of fused-ring (bicyclic) bond motifs is 2. The lowest BCUT2D eigenvalue weighted by molar-refractivity contribution is 0.481. The predicted molar refractivity (Wildman–Crippen MR) is 186 cm³/mol. The molecule has 2 aliphatic heterocycles. The Morgan fingerprint density at radius 2 is 0.957 bits per heavy atom. The zero-order valence-electron chi connectivity index (χ0n) is 25.7. The Bertz CT molecular complexity index is 1900. The highest BCUT2D eigenvalue weighted by Crippen LogP contribution is 2.42. The largest absolute Gasteiger partial charge is 0.457 e. The first-order valence-electron chi connectivity index (χ1n) is 15.4. The molecule has 7 heteroatoms. The van der Waals surface area contributed by atoms with Crippen molar-refractivity contribution in [2.75, 3.05) is 47.0 Å². The number of para-hydroxylation sites is 4. The third kappa shape index (κ3) is 5.22. The molecule has 0 fully saturated rings. The van der Waals surface area contributed by atoms with Crippen LogP contribution in [0.2, 0.25) is 0 Å². The molecule has 0 spiro atoms. The highest BCUT2D eigenvalue weighted by atomic mass is 16.5. The zero-order valence-corrected chi connectivity index (χ0v) is 25.7. The minimum absolute atomic E-state index is 0.718. The predicted octanol–water partition coefficient (Wildman–Crippen LogP) is 9.42. The first-order valence-corrected chi connectivity index (χ1v) is 15.4. The Kier molecular flexibility index (Phi) is 6.91. The molecule has 0 N–H and O–H groups in total. The maximum atomic E-state index is 6.37. The lowest BCUT2D eigenvalue weighted by Crippen LogP contribution is -2.23. The van der Waals surface area contributed by atoms with Crippen LogP contribution < -0.4 is 29.1 Å². The number of pyridine rings is 1. The average molecular weight is 604 g/mol. The van der Waals surface area contributed by atoms with Gasteiger partial charge in [-0.25, -0.2) is 0 Å². The molecule has 0 unspecified atom stereocenters. The maximum absolute atomic E-state index is 6.37. The van der Waals surface area contributed by atoms with Gasteiger partial charge in [0, 0.05) is 55.4 Å².